The van der Waals surface area contributed by atoms with Crippen molar-refractivity contribution in [1.29, 1.82) is 0 Å². The van der Waals surface area contributed by atoms with Gasteiger partial charge in [0.05, 0.1) is 0 Å². The summed E-state index contributed by atoms with van der Waals surface area (Å²) in [4.78, 5) is 0. The molecule has 0 fully saturated rings. The largest absolute Gasteiger partial charge is 0.492 e. The normalized spacial score (nSPS) is 9.94. The van der Waals surface area contributed by atoms with Gasteiger partial charge < -0.3 is 10.1 Å². The maximum Gasteiger partial charge on any atom is 0.119 e. The smallest absolute Gasteiger partial charge is 0.119 e. The van der Waals surface area contributed by atoms with E-state index in [2.05, 4.69) is 24.4 Å². The number of hydrogen-bond acceptors (Lipinski definition) is 2. The number of nitrogens with one attached hydrogen (secondary N) is 1. The molecule has 2 aromatic rings. The molecule has 88 valence electrons. The van der Waals surface area contributed by atoms with Crippen molar-refractivity contribution in [3.8, 4) is 5.75 Å². The van der Waals surface area contributed by atoms with Crippen molar-refractivity contribution in [2.45, 2.75) is 6.92 Å². The highest BCUT2D eigenvalue weighted by molar-refractivity contribution is 5.50. The maximum absolute atomic E-state index is 5.61. The molecular formula is C15H17NO. The van der Waals surface area contributed by atoms with E-state index in [0.29, 0.717) is 6.61 Å². The first-order chi connectivity index (χ1) is 8.36. The number of hydrogen-bond donors (Lipinski definition) is 1. The van der Waals surface area contributed by atoms with E-state index >= 15 is 0 Å². The average Bonchev–Trinajstić information content (AvgIpc) is 2.38. The third-order valence-corrected chi connectivity index (χ3v) is 2.57. The van der Waals surface area contributed by atoms with Gasteiger partial charge in [-0.3, -0.25) is 0 Å². The molecule has 17 heavy (non-hydrogen) atoms. The Balaban J connectivity index is 1.76. The SMILES string of the molecule is Cc1ccccc1NCCOc1ccccc1. The van der Waals surface area contributed by atoms with Crippen LogP contribution in [0.5, 0.6) is 5.75 Å². The summed E-state index contributed by atoms with van der Waals surface area (Å²) < 4.78 is 5.61. The molecule has 2 rings (SSSR count). The molecule has 0 aliphatic heterocycles. The van der Waals surface area contributed by atoms with E-state index in [0.717, 1.165) is 12.3 Å². The van der Waals surface area contributed by atoms with Gasteiger partial charge in [-0.15, -0.1) is 0 Å². The lowest BCUT2D eigenvalue weighted by molar-refractivity contribution is 0.333. The maximum atomic E-state index is 5.61. The lowest BCUT2D eigenvalue weighted by Gasteiger charge is -2.10. The molecule has 0 bridgehead atoms. The molecule has 0 aliphatic rings. The summed E-state index contributed by atoms with van der Waals surface area (Å²) >= 11 is 0. The van der Waals surface area contributed by atoms with Crippen molar-refractivity contribution in [2.75, 3.05) is 18.5 Å². The number of rotatable bonds is 5. The van der Waals surface area contributed by atoms with E-state index in [1.807, 2.05) is 42.5 Å². The Kier molecular flexibility index (Phi) is 4.03. The van der Waals surface area contributed by atoms with Gasteiger partial charge in [-0.2, -0.15) is 0 Å². The number of ether oxygens (including phenoxy) is 1. The van der Waals surface area contributed by atoms with Gasteiger partial charge in [-0.1, -0.05) is 36.4 Å². The molecule has 0 spiro atoms. The first kappa shape index (κ1) is 11.5. The second-order valence-electron chi connectivity index (χ2n) is 3.90. The zero-order chi connectivity index (χ0) is 11.9. The van der Waals surface area contributed by atoms with Gasteiger partial charge in [0, 0.05) is 12.2 Å². The fraction of sp³-hybridized carbons (Fsp3) is 0.200. The van der Waals surface area contributed by atoms with Crippen LogP contribution < -0.4 is 10.1 Å². The van der Waals surface area contributed by atoms with E-state index in [4.69, 9.17) is 4.74 Å². The minimum Gasteiger partial charge on any atom is -0.492 e. The highest BCUT2D eigenvalue weighted by atomic mass is 16.5. The lowest BCUT2D eigenvalue weighted by Crippen LogP contribution is -2.11. The monoisotopic (exact) mass is 227 g/mol. The second kappa shape index (κ2) is 5.94. The summed E-state index contributed by atoms with van der Waals surface area (Å²) in [6, 6.07) is 18.1. The highest BCUT2D eigenvalue weighted by Gasteiger charge is 1.95. The van der Waals surface area contributed by atoms with Crippen LogP contribution in [0.3, 0.4) is 0 Å². The van der Waals surface area contributed by atoms with Crippen LogP contribution in [0.2, 0.25) is 0 Å². The summed E-state index contributed by atoms with van der Waals surface area (Å²) in [5, 5.41) is 3.36. The van der Waals surface area contributed by atoms with Crippen LogP contribution >= 0.6 is 0 Å². The molecule has 2 heteroatoms. The van der Waals surface area contributed by atoms with Crippen LogP contribution in [-0.4, -0.2) is 13.2 Å². The van der Waals surface area contributed by atoms with E-state index in [1.54, 1.807) is 0 Å². The number of para-hydroxylation sites is 2. The van der Waals surface area contributed by atoms with Gasteiger partial charge in [0.15, 0.2) is 0 Å². The van der Waals surface area contributed by atoms with Gasteiger partial charge in [0.2, 0.25) is 0 Å². The summed E-state index contributed by atoms with van der Waals surface area (Å²) in [5.41, 5.74) is 2.43. The van der Waals surface area contributed by atoms with Crippen molar-refractivity contribution in [1.82, 2.24) is 0 Å². The number of aryl methyl sites for hydroxylation is 1. The molecule has 0 aliphatic carbocycles. The predicted molar refractivity (Wildman–Crippen MR) is 71.6 cm³/mol. The Morgan fingerprint density at radius 2 is 1.65 bits per heavy atom. The molecule has 2 nitrogen and oxygen atoms in total. The Morgan fingerprint density at radius 3 is 2.41 bits per heavy atom. The molecule has 1 N–H and O–H groups in total. The van der Waals surface area contributed by atoms with Crippen LogP contribution in [-0.2, 0) is 0 Å². The topological polar surface area (TPSA) is 21.3 Å². The molecule has 0 saturated heterocycles. The van der Waals surface area contributed by atoms with Crippen LogP contribution in [0.25, 0.3) is 0 Å². The van der Waals surface area contributed by atoms with Crippen molar-refractivity contribution >= 4 is 5.69 Å². The van der Waals surface area contributed by atoms with E-state index in [1.165, 1.54) is 11.3 Å². The van der Waals surface area contributed by atoms with Gasteiger partial charge in [-0.05, 0) is 30.7 Å². The van der Waals surface area contributed by atoms with Gasteiger partial charge in [0.1, 0.15) is 12.4 Å². The summed E-state index contributed by atoms with van der Waals surface area (Å²) in [7, 11) is 0. The van der Waals surface area contributed by atoms with Crippen LogP contribution in [0, 0.1) is 6.92 Å². The van der Waals surface area contributed by atoms with Crippen molar-refractivity contribution in [3.63, 3.8) is 0 Å². The number of anilines is 1. The highest BCUT2D eigenvalue weighted by Crippen LogP contribution is 2.13. The van der Waals surface area contributed by atoms with Crippen molar-refractivity contribution in [2.24, 2.45) is 0 Å². The minimum absolute atomic E-state index is 0.665. The zero-order valence-electron chi connectivity index (χ0n) is 10.0. The molecule has 0 heterocycles. The first-order valence-electron chi connectivity index (χ1n) is 5.83. The molecule has 0 radical (unpaired) electrons. The molecule has 0 amide bonds. The first-order valence-corrected chi connectivity index (χ1v) is 5.83. The van der Waals surface area contributed by atoms with Crippen LogP contribution in [0.15, 0.2) is 54.6 Å². The summed E-state index contributed by atoms with van der Waals surface area (Å²) in [6.45, 7) is 3.57. The summed E-state index contributed by atoms with van der Waals surface area (Å²) in [6.07, 6.45) is 0. The molecule has 0 aromatic heterocycles. The van der Waals surface area contributed by atoms with E-state index < -0.39 is 0 Å². The Hall–Kier alpha value is -1.96. The average molecular weight is 227 g/mol. The van der Waals surface area contributed by atoms with Gasteiger partial charge in [0.25, 0.3) is 0 Å². The molecular weight excluding hydrogens is 210 g/mol. The zero-order valence-corrected chi connectivity index (χ0v) is 10.0. The minimum atomic E-state index is 0.665. The molecule has 0 saturated carbocycles. The second-order valence-corrected chi connectivity index (χ2v) is 3.90. The fourth-order valence-electron chi connectivity index (χ4n) is 1.64. The Labute approximate surface area is 102 Å². The van der Waals surface area contributed by atoms with E-state index in [-0.39, 0.29) is 0 Å². The third kappa shape index (κ3) is 3.52. The Morgan fingerprint density at radius 1 is 0.941 bits per heavy atom. The predicted octanol–water partition coefficient (Wildman–Crippen LogP) is 3.49. The van der Waals surface area contributed by atoms with Crippen LogP contribution in [0.1, 0.15) is 5.56 Å². The Bertz CT molecular complexity index is 453. The fourth-order valence-corrected chi connectivity index (χ4v) is 1.64. The lowest BCUT2D eigenvalue weighted by atomic mass is 10.2. The number of benzene rings is 2. The standard InChI is InChI=1S/C15H17NO/c1-13-7-5-6-10-15(13)16-11-12-17-14-8-3-2-4-9-14/h2-10,16H,11-12H2,1H3. The van der Waals surface area contributed by atoms with Gasteiger partial charge in [-0.25, -0.2) is 0 Å². The molecule has 0 unspecified atom stereocenters. The van der Waals surface area contributed by atoms with Crippen molar-refractivity contribution in [3.05, 3.63) is 60.2 Å². The van der Waals surface area contributed by atoms with Crippen LogP contribution in [0.4, 0.5) is 5.69 Å². The van der Waals surface area contributed by atoms with E-state index in [9.17, 15) is 0 Å². The van der Waals surface area contributed by atoms with Gasteiger partial charge >= 0.3 is 0 Å². The quantitative estimate of drug-likeness (QED) is 0.789. The molecule has 0 atom stereocenters. The van der Waals surface area contributed by atoms with Crippen molar-refractivity contribution < 1.29 is 4.74 Å². The summed E-state index contributed by atoms with van der Waals surface area (Å²) in [5.74, 6) is 0.916. The molecule has 2 aromatic carbocycles. The third-order valence-electron chi connectivity index (χ3n) is 2.57.